The van der Waals surface area contributed by atoms with E-state index >= 15 is 4.39 Å². The summed E-state index contributed by atoms with van der Waals surface area (Å²) >= 11 is 0. The summed E-state index contributed by atoms with van der Waals surface area (Å²) in [6.45, 7) is 2.53. The summed E-state index contributed by atoms with van der Waals surface area (Å²) in [5.41, 5.74) is -1.71. The number of phenolic OH excluding ortho intramolecular Hbond substituents is 1. The highest BCUT2D eigenvalue weighted by Crippen LogP contribution is 2.69. The van der Waals surface area contributed by atoms with Gasteiger partial charge in [0, 0.05) is 55.3 Å². The van der Waals surface area contributed by atoms with Crippen LogP contribution in [0, 0.1) is 29.4 Å². The van der Waals surface area contributed by atoms with Crippen LogP contribution in [0.5, 0.6) is 11.8 Å². The van der Waals surface area contributed by atoms with Gasteiger partial charge in [0.2, 0.25) is 0 Å². The Bertz CT molecular complexity index is 2050. The average Bonchev–Trinajstić information content (AvgIpc) is 3.38. The van der Waals surface area contributed by atoms with Crippen molar-refractivity contribution < 1.29 is 27.4 Å². The van der Waals surface area contributed by atoms with Crippen molar-refractivity contribution in [2.45, 2.75) is 68.5 Å². The van der Waals surface area contributed by atoms with Crippen LogP contribution in [0.15, 0.2) is 30.5 Å². The number of anilines is 1. The van der Waals surface area contributed by atoms with E-state index in [4.69, 9.17) is 16.1 Å². The Morgan fingerprint density at radius 3 is 2.73 bits per heavy atom. The summed E-state index contributed by atoms with van der Waals surface area (Å²) in [5, 5.41) is 15.3. The zero-order valence-electron chi connectivity index (χ0n) is 26.2. The molecule has 6 heterocycles. The summed E-state index contributed by atoms with van der Waals surface area (Å²) in [6.07, 6.45) is 12.1. The fraction of sp³-hybridized carbons (Fsp3) is 0.472. The molecule has 12 heteroatoms. The van der Waals surface area contributed by atoms with Gasteiger partial charge in [0.05, 0.1) is 21.9 Å². The molecular weight excluding hydrogens is 624 g/mol. The zero-order chi connectivity index (χ0) is 33.0. The van der Waals surface area contributed by atoms with E-state index < -0.39 is 28.5 Å². The molecule has 2 unspecified atom stereocenters. The lowest BCUT2D eigenvalue weighted by atomic mass is 9.89. The van der Waals surface area contributed by atoms with E-state index in [1.807, 2.05) is 0 Å². The lowest BCUT2D eigenvalue weighted by Gasteiger charge is -2.31. The SMILES string of the molecule is C#Cc1c(F)ccc2cc(O)cc(-c3ncc4c(N5CCC6CCC(C5)N6)nc(OC[C@@]56CCCN5C[C@@]5(CC5(F)F)C6)nc4c3F)c12. The molecule has 5 fully saturated rings. The van der Waals surface area contributed by atoms with E-state index in [1.165, 1.54) is 30.5 Å². The standard InChI is InChI=1S/C36H34F4N6O2/c1-2-24-27(37)7-4-20-12-23(47)13-25(28(20)24)30-29(38)31-26(14-41-30)32(45-11-8-21-5-6-22(15-45)42-21)44-33(43-31)48-19-35-9-3-10-46(35)18-34(16-35)17-36(34,39)40/h1,4,7,12-14,21-22,42,47H,3,5-6,8-11,15-19H2/t21?,22?,34-,35-/m0/s1. The molecule has 2 aromatic carbocycles. The molecule has 8 nitrogen and oxygen atoms in total. The van der Waals surface area contributed by atoms with Gasteiger partial charge in [-0.2, -0.15) is 9.97 Å². The summed E-state index contributed by atoms with van der Waals surface area (Å²) in [6, 6.07) is 6.03. The van der Waals surface area contributed by atoms with Crippen molar-refractivity contribution in [1.29, 1.82) is 0 Å². The Labute approximate surface area is 274 Å². The van der Waals surface area contributed by atoms with Gasteiger partial charge in [-0.25, -0.2) is 17.6 Å². The average molecular weight is 659 g/mol. The highest BCUT2D eigenvalue weighted by molar-refractivity contribution is 6.03. The normalized spacial score (nSPS) is 29.0. The first-order valence-corrected chi connectivity index (χ1v) is 16.6. The number of hydrogen-bond acceptors (Lipinski definition) is 8. The predicted molar refractivity (Wildman–Crippen MR) is 172 cm³/mol. The van der Waals surface area contributed by atoms with Gasteiger partial charge in [0.1, 0.15) is 35.2 Å². The van der Waals surface area contributed by atoms with Crippen molar-refractivity contribution in [2.24, 2.45) is 5.41 Å². The molecule has 2 N–H and O–H groups in total. The summed E-state index contributed by atoms with van der Waals surface area (Å²) in [5.74, 6) is -1.43. The monoisotopic (exact) mass is 658 g/mol. The van der Waals surface area contributed by atoms with Crippen LogP contribution in [0.3, 0.4) is 0 Å². The maximum atomic E-state index is 16.9. The second-order valence-electron chi connectivity index (χ2n) is 14.4. The fourth-order valence-electron chi connectivity index (χ4n) is 9.05. The van der Waals surface area contributed by atoms with Gasteiger partial charge < -0.3 is 20.1 Å². The van der Waals surface area contributed by atoms with E-state index in [2.05, 4.69) is 31.0 Å². The van der Waals surface area contributed by atoms with Crippen LogP contribution in [-0.4, -0.2) is 81.3 Å². The number of nitrogens with one attached hydrogen (secondary N) is 1. The van der Waals surface area contributed by atoms with E-state index in [0.717, 1.165) is 38.6 Å². The van der Waals surface area contributed by atoms with E-state index in [9.17, 15) is 18.3 Å². The Balaban J connectivity index is 1.16. The van der Waals surface area contributed by atoms with Gasteiger partial charge in [-0.15, -0.1) is 6.42 Å². The van der Waals surface area contributed by atoms with Crippen LogP contribution < -0.4 is 15.0 Å². The topological polar surface area (TPSA) is 86.6 Å². The molecule has 48 heavy (non-hydrogen) atoms. The number of phenols is 1. The number of halogens is 4. The quantitative estimate of drug-likeness (QED) is 0.206. The van der Waals surface area contributed by atoms with E-state index in [1.54, 1.807) is 0 Å². The van der Waals surface area contributed by atoms with Crippen LogP contribution in [0.1, 0.15) is 50.5 Å². The smallest absolute Gasteiger partial charge is 0.319 e. The largest absolute Gasteiger partial charge is 0.508 e. The number of pyridine rings is 1. The van der Waals surface area contributed by atoms with Crippen LogP contribution in [-0.2, 0) is 0 Å². The number of aromatic nitrogens is 3. The molecule has 0 amide bonds. The minimum Gasteiger partial charge on any atom is -0.508 e. The van der Waals surface area contributed by atoms with Crippen molar-refractivity contribution >= 4 is 27.5 Å². The molecule has 4 atom stereocenters. The number of hydrogen-bond donors (Lipinski definition) is 2. The van der Waals surface area contributed by atoms with Crippen molar-refractivity contribution in [3.8, 4) is 35.4 Å². The van der Waals surface area contributed by atoms with Gasteiger partial charge in [0.25, 0.3) is 5.92 Å². The van der Waals surface area contributed by atoms with Gasteiger partial charge in [-0.05, 0) is 68.7 Å². The van der Waals surface area contributed by atoms with Crippen LogP contribution in [0.2, 0.25) is 0 Å². The summed E-state index contributed by atoms with van der Waals surface area (Å²) in [4.78, 5) is 18.1. The highest BCUT2D eigenvalue weighted by Gasteiger charge is 2.77. The second kappa shape index (κ2) is 10.4. The number of nitrogens with zero attached hydrogens (tertiary/aromatic N) is 5. The van der Waals surface area contributed by atoms with Crippen LogP contribution in [0.25, 0.3) is 32.9 Å². The number of fused-ring (bicyclic) bond motifs is 5. The van der Waals surface area contributed by atoms with Crippen molar-refractivity contribution in [3.63, 3.8) is 0 Å². The van der Waals surface area contributed by atoms with E-state index in [0.29, 0.717) is 48.7 Å². The van der Waals surface area contributed by atoms with Gasteiger partial charge in [-0.3, -0.25) is 9.88 Å². The Morgan fingerprint density at radius 2 is 1.92 bits per heavy atom. The van der Waals surface area contributed by atoms with Gasteiger partial charge in [-0.1, -0.05) is 12.0 Å². The molecule has 5 aliphatic rings. The number of terminal acetylenes is 1. The zero-order valence-corrected chi connectivity index (χ0v) is 26.2. The number of alkyl halides is 2. The van der Waals surface area contributed by atoms with Crippen LogP contribution in [0.4, 0.5) is 23.4 Å². The molecule has 9 rings (SSSR count). The minimum atomic E-state index is -2.66. The van der Waals surface area contributed by atoms with Gasteiger partial charge in [0.15, 0.2) is 5.82 Å². The first-order chi connectivity index (χ1) is 23.1. The van der Waals surface area contributed by atoms with Crippen molar-refractivity contribution in [3.05, 3.63) is 47.7 Å². The Morgan fingerprint density at radius 1 is 1.08 bits per heavy atom. The summed E-state index contributed by atoms with van der Waals surface area (Å²) < 4.78 is 67.0. The first kappa shape index (κ1) is 29.9. The molecule has 248 valence electrons. The molecule has 4 saturated heterocycles. The Hall–Kier alpha value is -4.21. The molecule has 4 aromatic rings. The van der Waals surface area contributed by atoms with E-state index in [-0.39, 0.29) is 58.6 Å². The molecule has 2 bridgehead atoms. The number of benzene rings is 2. The fourth-order valence-corrected chi connectivity index (χ4v) is 9.05. The lowest BCUT2D eigenvalue weighted by Crippen LogP contribution is -2.43. The lowest BCUT2D eigenvalue weighted by molar-refractivity contribution is 0.0647. The molecule has 1 saturated carbocycles. The molecule has 1 aliphatic carbocycles. The third-order valence-electron chi connectivity index (χ3n) is 11.5. The maximum Gasteiger partial charge on any atom is 0.319 e. The molecule has 0 radical (unpaired) electrons. The van der Waals surface area contributed by atoms with Crippen LogP contribution >= 0.6 is 0 Å². The first-order valence-electron chi connectivity index (χ1n) is 16.6. The molecular formula is C36H34F4N6O2. The summed E-state index contributed by atoms with van der Waals surface area (Å²) in [7, 11) is 0. The Kier molecular flexibility index (Phi) is 6.47. The number of ether oxygens (including phenoxy) is 1. The minimum absolute atomic E-state index is 0.0447. The molecule has 2 aromatic heterocycles. The number of rotatable bonds is 5. The predicted octanol–water partition coefficient (Wildman–Crippen LogP) is 5.78. The second-order valence-corrected chi connectivity index (χ2v) is 14.4. The number of aromatic hydroxyl groups is 1. The maximum absolute atomic E-state index is 16.9. The third-order valence-corrected chi connectivity index (χ3v) is 11.5. The molecule has 1 spiro atoms. The van der Waals surface area contributed by atoms with Crippen molar-refractivity contribution in [1.82, 2.24) is 25.2 Å². The van der Waals surface area contributed by atoms with Gasteiger partial charge >= 0.3 is 6.01 Å². The highest BCUT2D eigenvalue weighted by atomic mass is 19.3. The van der Waals surface area contributed by atoms with Crippen molar-refractivity contribution in [2.75, 3.05) is 37.7 Å². The third kappa shape index (κ3) is 4.46. The molecule has 4 aliphatic heterocycles.